The number of hydrogen-bond donors (Lipinski definition) is 2. The summed E-state index contributed by atoms with van der Waals surface area (Å²) in [5.41, 5.74) is 6.42. The summed E-state index contributed by atoms with van der Waals surface area (Å²) in [7, 11) is 3.26. The number of carbonyl (C=O) groups is 1. The number of nitrogens with zero attached hydrogens (tertiary/aromatic N) is 2. The van der Waals surface area contributed by atoms with E-state index in [1.165, 1.54) is 0 Å². The number of amides is 1. The average molecular weight is 320 g/mol. The normalized spacial score (nSPS) is 10.3. The number of primary amides is 1. The Morgan fingerprint density at radius 3 is 2.67 bits per heavy atom. The third kappa shape index (κ3) is 4.66. The second-order valence-electron chi connectivity index (χ2n) is 4.15. The highest BCUT2D eigenvalue weighted by Gasteiger charge is 2.11. The first-order chi connectivity index (χ1) is 10.2. The van der Waals surface area contributed by atoms with Crippen LogP contribution < -0.4 is 16.6 Å². The van der Waals surface area contributed by atoms with Crippen molar-refractivity contribution in [2.24, 2.45) is 11.6 Å². The topological polar surface area (TPSA) is 85.2 Å². The number of para-hydroxylation sites is 1. The summed E-state index contributed by atoms with van der Waals surface area (Å²) >= 11 is 0. The van der Waals surface area contributed by atoms with Gasteiger partial charge in [0.05, 0.1) is 11.3 Å². The lowest BCUT2D eigenvalue weighted by Gasteiger charge is -2.20. The Bertz CT molecular complexity index is 595. The molecule has 0 atom stereocenters. The number of hydrogen-bond acceptors (Lipinski definition) is 6. The van der Waals surface area contributed by atoms with E-state index < -0.39 is 5.91 Å². The van der Waals surface area contributed by atoms with Crippen LogP contribution >= 0.6 is 21.6 Å². The first kappa shape index (κ1) is 15.7. The number of carbonyl (C=O) groups excluding carboxylic acids is 1. The van der Waals surface area contributed by atoms with Crippen LogP contribution in [0.3, 0.4) is 0 Å². The fourth-order valence-electron chi connectivity index (χ4n) is 1.69. The van der Waals surface area contributed by atoms with Gasteiger partial charge in [-0.3, -0.25) is 4.79 Å². The van der Waals surface area contributed by atoms with Gasteiger partial charge in [0.1, 0.15) is 5.03 Å². The van der Waals surface area contributed by atoms with Gasteiger partial charge in [-0.15, -0.1) is 0 Å². The molecule has 1 aromatic carbocycles. The monoisotopic (exact) mass is 320 g/mol. The molecule has 0 aliphatic heterocycles. The van der Waals surface area contributed by atoms with E-state index in [0.29, 0.717) is 17.8 Å². The molecule has 0 saturated heterocycles. The van der Waals surface area contributed by atoms with Crippen LogP contribution in [0.15, 0.2) is 53.7 Å². The maximum Gasteiger partial charge on any atom is 0.250 e. The third-order valence-corrected chi connectivity index (χ3v) is 4.92. The number of aromatic nitrogens is 1. The van der Waals surface area contributed by atoms with Crippen LogP contribution in [0.25, 0.3) is 0 Å². The lowest BCUT2D eigenvalue weighted by Crippen LogP contribution is -2.34. The Hall–Kier alpha value is -1.70. The summed E-state index contributed by atoms with van der Waals surface area (Å²) in [6, 6.07) is 12.9. The van der Waals surface area contributed by atoms with Gasteiger partial charge in [0.2, 0.25) is 0 Å². The maximum atomic E-state index is 11.4. The molecule has 7 heteroatoms. The summed E-state index contributed by atoms with van der Waals surface area (Å²) < 4.78 is 0. The molecular weight excluding hydrogens is 304 g/mol. The Morgan fingerprint density at radius 1 is 1.19 bits per heavy atom. The summed E-state index contributed by atoms with van der Waals surface area (Å²) in [5.74, 6) is 6.32. The van der Waals surface area contributed by atoms with Gasteiger partial charge in [-0.1, -0.05) is 29.0 Å². The average Bonchev–Trinajstić information content (AvgIpc) is 2.52. The molecule has 0 fully saturated rings. The van der Waals surface area contributed by atoms with E-state index in [-0.39, 0.29) is 0 Å². The van der Waals surface area contributed by atoms with Crippen molar-refractivity contribution in [2.45, 2.75) is 5.03 Å². The zero-order valence-electron chi connectivity index (χ0n) is 11.3. The second kappa shape index (κ2) is 7.92. The van der Waals surface area contributed by atoms with Gasteiger partial charge in [0.25, 0.3) is 5.91 Å². The number of nitrogens with two attached hydrogens (primary N) is 2. The van der Waals surface area contributed by atoms with E-state index in [4.69, 9.17) is 11.6 Å². The van der Waals surface area contributed by atoms with Gasteiger partial charge in [0, 0.05) is 18.5 Å². The molecule has 5 nitrogen and oxygen atoms in total. The van der Waals surface area contributed by atoms with Crippen molar-refractivity contribution in [1.82, 2.24) is 4.98 Å². The van der Waals surface area contributed by atoms with Crippen LogP contribution in [0.1, 0.15) is 10.4 Å². The van der Waals surface area contributed by atoms with E-state index in [1.54, 1.807) is 51.0 Å². The lowest BCUT2D eigenvalue weighted by molar-refractivity contribution is 0.100. The van der Waals surface area contributed by atoms with Gasteiger partial charge in [0.15, 0.2) is 0 Å². The van der Waals surface area contributed by atoms with Crippen molar-refractivity contribution >= 4 is 33.2 Å². The van der Waals surface area contributed by atoms with E-state index in [1.807, 2.05) is 24.3 Å². The van der Waals surface area contributed by atoms with Gasteiger partial charge in [-0.25, -0.2) is 10.8 Å². The van der Waals surface area contributed by atoms with Crippen molar-refractivity contribution in [1.29, 1.82) is 0 Å². The summed E-state index contributed by atoms with van der Waals surface area (Å²) in [6.07, 6.45) is 1.77. The van der Waals surface area contributed by atoms with E-state index in [0.717, 1.165) is 10.8 Å². The summed E-state index contributed by atoms with van der Waals surface area (Å²) in [5, 5.41) is 2.51. The second-order valence-corrected chi connectivity index (χ2v) is 6.58. The molecule has 0 spiro atoms. The first-order valence-electron chi connectivity index (χ1n) is 6.30. The summed E-state index contributed by atoms with van der Waals surface area (Å²) in [4.78, 5) is 15.6. The summed E-state index contributed by atoms with van der Waals surface area (Å²) in [6.45, 7) is 0.606. The molecule has 2 rings (SSSR count). The van der Waals surface area contributed by atoms with Crippen molar-refractivity contribution in [3.05, 3.63) is 54.2 Å². The molecule has 0 bridgehead atoms. The fraction of sp³-hybridized carbons (Fsp3) is 0.143. The molecule has 0 aliphatic carbocycles. The highest BCUT2D eigenvalue weighted by Crippen LogP contribution is 2.29. The number of pyridine rings is 1. The maximum absolute atomic E-state index is 11.4. The van der Waals surface area contributed by atoms with Crippen molar-refractivity contribution in [3.8, 4) is 0 Å². The predicted octanol–water partition coefficient (Wildman–Crippen LogP) is 2.30. The highest BCUT2D eigenvalue weighted by atomic mass is 33.1. The smallest absolute Gasteiger partial charge is 0.250 e. The van der Waals surface area contributed by atoms with E-state index >= 15 is 0 Å². The fourth-order valence-corrected chi connectivity index (χ4v) is 3.53. The largest absolute Gasteiger partial charge is 0.366 e. The van der Waals surface area contributed by atoms with Crippen LogP contribution in [0, 0.1) is 0 Å². The zero-order chi connectivity index (χ0) is 15.1. The van der Waals surface area contributed by atoms with Gasteiger partial charge in [-0.05, 0) is 35.1 Å². The Kier molecular flexibility index (Phi) is 5.91. The van der Waals surface area contributed by atoms with Crippen LogP contribution in [0.5, 0.6) is 0 Å². The van der Waals surface area contributed by atoms with E-state index in [9.17, 15) is 4.79 Å². The highest BCUT2D eigenvalue weighted by molar-refractivity contribution is 8.76. The number of anilines is 1. The molecule has 21 heavy (non-hydrogen) atoms. The molecule has 0 saturated carbocycles. The van der Waals surface area contributed by atoms with Gasteiger partial charge < -0.3 is 10.7 Å². The molecule has 2 aromatic rings. The van der Waals surface area contributed by atoms with Crippen LogP contribution in [-0.4, -0.2) is 23.2 Å². The van der Waals surface area contributed by atoms with Crippen LogP contribution in [0.2, 0.25) is 0 Å². The van der Waals surface area contributed by atoms with Crippen molar-refractivity contribution < 1.29 is 4.79 Å². The standard InChI is InChI=1S/C14H16N4OS2/c15-14(19)11-5-1-2-6-12(11)18(16)9-10-20-21-13-7-3-4-8-17-13/h1-8H,9-10,16H2,(H2,15,19). The Labute approximate surface area is 131 Å². The molecular formula is C14H16N4OS2. The van der Waals surface area contributed by atoms with Crippen LogP contribution in [0.4, 0.5) is 5.69 Å². The van der Waals surface area contributed by atoms with Crippen LogP contribution in [-0.2, 0) is 0 Å². The molecule has 0 aliphatic rings. The molecule has 0 radical (unpaired) electrons. The SMILES string of the molecule is NC(=O)c1ccccc1N(N)CCSSc1ccccn1. The van der Waals surface area contributed by atoms with Crippen molar-refractivity contribution in [3.63, 3.8) is 0 Å². The number of rotatable bonds is 7. The Morgan fingerprint density at radius 2 is 1.95 bits per heavy atom. The molecule has 0 unspecified atom stereocenters. The van der Waals surface area contributed by atoms with Gasteiger partial charge >= 0.3 is 0 Å². The molecule has 1 heterocycles. The molecule has 4 N–H and O–H groups in total. The Balaban J connectivity index is 1.85. The lowest BCUT2D eigenvalue weighted by atomic mass is 10.1. The zero-order valence-corrected chi connectivity index (χ0v) is 12.9. The van der Waals surface area contributed by atoms with Gasteiger partial charge in [-0.2, -0.15) is 0 Å². The molecule has 1 amide bonds. The molecule has 110 valence electrons. The minimum absolute atomic E-state index is 0.433. The minimum atomic E-state index is -0.475. The first-order valence-corrected chi connectivity index (χ1v) is 8.62. The van der Waals surface area contributed by atoms with E-state index in [2.05, 4.69) is 4.98 Å². The predicted molar refractivity (Wildman–Crippen MR) is 89.0 cm³/mol. The quantitative estimate of drug-likeness (QED) is 0.352. The van der Waals surface area contributed by atoms with Crippen molar-refractivity contribution in [2.75, 3.05) is 17.3 Å². The molecule has 1 aromatic heterocycles. The third-order valence-electron chi connectivity index (χ3n) is 2.68. The number of benzene rings is 1. The minimum Gasteiger partial charge on any atom is -0.366 e. The number of hydrazine groups is 1.